The second-order valence-corrected chi connectivity index (χ2v) is 10.9. The lowest BCUT2D eigenvalue weighted by molar-refractivity contribution is 0.0952. The summed E-state index contributed by atoms with van der Waals surface area (Å²) in [6.07, 6.45) is 3.02. The number of hydrogen-bond acceptors (Lipinski definition) is 9. The maximum atomic E-state index is 13.1. The fourth-order valence-electron chi connectivity index (χ4n) is 3.29. The minimum absolute atomic E-state index is 0.124. The lowest BCUT2D eigenvalue weighted by atomic mass is 10.2. The summed E-state index contributed by atoms with van der Waals surface area (Å²) in [4.78, 5) is 31.5. The smallest absolute Gasteiger partial charge is 0.290 e. The highest BCUT2D eigenvalue weighted by molar-refractivity contribution is 7.16. The summed E-state index contributed by atoms with van der Waals surface area (Å²) in [5.74, 6) is -0.00480. The summed E-state index contributed by atoms with van der Waals surface area (Å²) in [5.41, 5.74) is 0.220. The number of carbonyl (C=O) groups excluding carboxylic acids is 1. The van der Waals surface area contributed by atoms with Crippen LogP contribution in [0.2, 0.25) is 4.34 Å². The molecule has 0 fully saturated rings. The number of nitrogens with zero attached hydrogens (tertiary/aromatic N) is 4. The number of rotatable bonds is 7. The number of anilines is 1. The topological polar surface area (TPSA) is 102 Å². The van der Waals surface area contributed by atoms with Crippen LogP contribution in [0.15, 0.2) is 64.3 Å². The van der Waals surface area contributed by atoms with Gasteiger partial charge in [0.1, 0.15) is 16.6 Å². The minimum atomic E-state index is -0.315. The third-order valence-corrected chi connectivity index (χ3v) is 7.73. The van der Waals surface area contributed by atoms with E-state index in [1.165, 1.54) is 55.5 Å². The SMILES string of the molecule is O=C(c1cccs1)n1nc(-c2cc(=O)n(Cc3nccs3)cc2O)cc1NCc1ccc(Cl)s1. The summed E-state index contributed by atoms with van der Waals surface area (Å²) in [6.45, 7) is 0.688. The number of nitrogens with one attached hydrogen (secondary N) is 1. The predicted octanol–water partition coefficient (Wildman–Crippen LogP) is 5.00. The van der Waals surface area contributed by atoms with Crippen molar-refractivity contribution < 1.29 is 9.90 Å². The van der Waals surface area contributed by atoms with Gasteiger partial charge in [-0.1, -0.05) is 17.7 Å². The van der Waals surface area contributed by atoms with Gasteiger partial charge in [0.15, 0.2) is 0 Å². The number of halogens is 1. The van der Waals surface area contributed by atoms with Gasteiger partial charge in [0, 0.05) is 28.6 Å². The summed E-state index contributed by atoms with van der Waals surface area (Å²) >= 11 is 10.2. The van der Waals surface area contributed by atoms with E-state index in [2.05, 4.69) is 15.4 Å². The Hall–Kier alpha value is -3.25. The Labute approximate surface area is 210 Å². The summed E-state index contributed by atoms with van der Waals surface area (Å²) in [5, 5.41) is 22.7. The molecule has 12 heteroatoms. The Morgan fingerprint density at radius 2 is 2.06 bits per heavy atom. The maximum absolute atomic E-state index is 13.1. The van der Waals surface area contributed by atoms with Crippen LogP contribution in [0.1, 0.15) is 19.6 Å². The summed E-state index contributed by atoms with van der Waals surface area (Å²) < 4.78 is 3.30. The molecule has 5 aromatic rings. The largest absolute Gasteiger partial charge is 0.506 e. The highest BCUT2D eigenvalue weighted by Gasteiger charge is 2.20. The standard InChI is InChI=1S/C22H16ClN5O3S3/c23-18-4-3-13(34-18)10-25-19-9-15(26-28(19)22(31)17-2-1-6-32-17)14-8-21(30)27(11-16(14)29)12-20-24-5-7-33-20/h1-9,11,25,29H,10,12H2. The first kappa shape index (κ1) is 22.5. The average molecular weight is 530 g/mol. The van der Waals surface area contributed by atoms with Crippen LogP contribution in [0.5, 0.6) is 5.75 Å². The molecule has 5 rings (SSSR count). The highest BCUT2D eigenvalue weighted by atomic mass is 35.5. The molecule has 0 unspecified atom stereocenters. The van der Waals surface area contributed by atoms with Crippen LogP contribution < -0.4 is 10.9 Å². The van der Waals surface area contributed by atoms with Gasteiger partial charge in [0.05, 0.1) is 39.8 Å². The monoisotopic (exact) mass is 529 g/mol. The molecule has 5 aromatic heterocycles. The van der Waals surface area contributed by atoms with Crippen LogP contribution in [-0.4, -0.2) is 30.3 Å². The van der Waals surface area contributed by atoms with Gasteiger partial charge < -0.3 is 15.0 Å². The van der Waals surface area contributed by atoms with Crippen molar-refractivity contribution in [2.45, 2.75) is 13.1 Å². The molecule has 0 amide bonds. The fraction of sp³-hybridized carbons (Fsp3) is 0.0909. The van der Waals surface area contributed by atoms with E-state index in [1.807, 2.05) is 22.9 Å². The van der Waals surface area contributed by atoms with Crippen LogP contribution in [0.4, 0.5) is 5.82 Å². The molecule has 2 N–H and O–H groups in total. The lowest BCUT2D eigenvalue weighted by Gasteiger charge is -2.07. The first-order valence-electron chi connectivity index (χ1n) is 9.96. The van der Waals surface area contributed by atoms with Gasteiger partial charge in [-0.05, 0) is 23.6 Å². The van der Waals surface area contributed by atoms with E-state index in [9.17, 15) is 14.7 Å². The number of aromatic nitrogens is 4. The number of thiophene rings is 2. The van der Waals surface area contributed by atoms with E-state index in [-0.39, 0.29) is 29.3 Å². The van der Waals surface area contributed by atoms with Crippen molar-refractivity contribution in [2.75, 3.05) is 5.32 Å². The zero-order valence-electron chi connectivity index (χ0n) is 17.3. The highest BCUT2D eigenvalue weighted by Crippen LogP contribution is 2.30. The Balaban J connectivity index is 1.50. The van der Waals surface area contributed by atoms with Crippen LogP contribution in [-0.2, 0) is 13.1 Å². The molecule has 8 nitrogen and oxygen atoms in total. The molecule has 0 bridgehead atoms. The van der Waals surface area contributed by atoms with Gasteiger partial charge in [-0.3, -0.25) is 9.59 Å². The number of aromatic hydroxyl groups is 1. The van der Waals surface area contributed by atoms with Crippen molar-refractivity contribution in [3.8, 4) is 17.0 Å². The Kier molecular flexibility index (Phi) is 6.33. The molecule has 0 spiro atoms. The molecule has 0 aliphatic carbocycles. The van der Waals surface area contributed by atoms with Gasteiger partial charge in [0.2, 0.25) is 0 Å². The quantitative estimate of drug-likeness (QED) is 0.307. The second-order valence-electron chi connectivity index (χ2n) is 7.13. The summed E-state index contributed by atoms with van der Waals surface area (Å²) in [6, 6.07) is 10.2. The van der Waals surface area contributed by atoms with Crippen molar-refractivity contribution in [3.63, 3.8) is 0 Å². The van der Waals surface area contributed by atoms with E-state index in [0.717, 1.165) is 9.88 Å². The van der Waals surface area contributed by atoms with E-state index < -0.39 is 0 Å². The van der Waals surface area contributed by atoms with Crippen molar-refractivity contribution in [3.05, 3.63) is 89.0 Å². The predicted molar refractivity (Wildman–Crippen MR) is 136 cm³/mol. The Morgan fingerprint density at radius 3 is 2.76 bits per heavy atom. The van der Waals surface area contributed by atoms with E-state index >= 15 is 0 Å². The molecule has 34 heavy (non-hydrogen) atoms. The average Bonchev–Trinajstić information content (AvgIpc) is 3.62. The summed E-state index contributed by atoms with van der Waals surface area (Å²) in [7, 11) is 0. The van der Waals surface area contributed by atoms with E-state index in [0.29, 0.717) is 27.3 Å². The van der Waals surface area contributed by atoms with Gasteiger partial charge in [-0.25, -0.2) is 4.98 Å². The van der Waals surface area contributed by atoms with Crippen LogP contribution in [0, 0.1) is 0 Å². The molecular weight excluding hydrogens is 514 g/mol. The molecule has 0 aliphatic rings. The zero-order chi connectivity index (χ0) is 23.7. The Bertz CT molecular complexity index is 1500. The van der Waals surface area contributed by atoms with Crippen LogP contribution >= 0.6 is 45.6 Å². The van der Waals surface area contributed by atoms with Gasteiger partial charge in [-0.2, -0.15) is 9.78 Å². The second kappa shape index (κ2) is 9.55. The first-order chi connectivity index (χ1) is 16.5. The maximum Gasteiger partial charge on any atom is 0.290 e. The van der Waals surface area contributed by atoms with Crippen molar-refractivity contribution >= 4 is 57.3 Å². The number of thiazole rings is 1. The Morgan fingerprint density at radius 1 is 1.18 bits per heavy atom. The van der Waals surface area contributed by atoms with Gasteiger partial charge in [0.25, 0.3) is 11.5 Å². The molecular formula is C22H16ClN5O3S3. The fourth-order valence-corrected chi connectivity index (χ4v) is 5.58. The third kappa shape index (κ3) is 4.68. The number of carbonyl (C=O) groups is 1. The molecule has 0 aliphatic heterocycles. The molecule has 0 saturated carbocycles. The number of pyridine rings is 1. The molecule has 0 atom stereocenters. The van der Waals surface area contributed by atoms with Crippen LogP contribution in [0.3, 0.4) is 0 Å². The van der Waals surface area contributed by atoms with E-state index in [1.54, 1.807) is 24.4 Å². The molecule has 0 aromatic carbocycles. The van der Waals surface area contributed by atoms with E-state index in [4.69, 9.17) is 11.6 Å². The molecule has 0 radical (unpaired) electrons. The third-order valence-electron chi connectivity index (χ3n) is 4.88. The normalized spacial score (nSPS) is 11.1. The first-order valence-corrected chi connectivity index (χ1v) is 12.9. The molecule has 5 heterocycles. The van der Waals surface area contributed by atoms with Gasteiger partial charge in [-0.15, -0.1) is 34.0 Å². The molecule has 0 saturated heterocycles. The van der Waals surface area contributed by atoms with Gasteiger partial charge >= 0.3 is 0 Å². The molecule has 172 valence electrons. The van der Waals surface area contributed by atoms with Crippen molar-refractivity contribution in [2.24, 2.45) is 0 Å². The lowest BCUT2D eigenvalue weighted by Crippen LogP contribution is -2.19. The van der Waals surface area contributed by atoms with Crippen molar-refractivity contribution in [1.29, 1.82) is 0 Å². The number of hydrogen-bond donors (Lipinski definition) is 2. The van der Waals surface area contributed by atoms with Crippen molar-refractivity contribution in [1.82, 2.24) is 19.3 Å². The van der Waals surface area contributed by atoms with Crippen LogP contribution in [0.25, 0.3) is 11.3 Å². The minimum Gasteiger partial charge on any atom is -0.506 e. The zero-order valence-corrected chi connectivity index (χ0v) is 20.5.